The lowest BCUT2D eigenvalue weighted by Crippen LogP contribution is -2.39. The van der Waals surface area contributed by atoms with E-state index < -0.39 is 0 Å². The molecule has 0 radical (unpaired) electrons. The minimum absolute atomic E-state index is 0.521. The number of guanidine groups is 1. The maximum absolute atomic E-state index is 6.02. The fraction of sp³-hybridized carbons (Fsp3) is 0.500. The van der Waals surface area contributed by atoms with E-state index in [-0.39, 0.29) is 0 Å². The van der Waals surface area contributed by atoms with Gasteiger partial charge in [-0.25, -0.2) is 0 Å². The Kier molecular flexibility index (Phi) is 8.98. The lowest BCUT2D eigenvalue weighted by Gasteiger charge is -2.12. The number of ether oxygens (including phenoxy) is 2. The van der Waals surface area contributed by atoms with E-state index in [9.17, 15) is 0 Å². The first-order valence-electron chi connectivity index (χ1n) is 6.68. The highest BCUT2D eigenvalue weighted by Crippen LogP contribution is 2.27. The fourth-order valence-electron chi connectivity index (χ4n) is 1.55. The van der Waals surface area contributed by atoms with Crippen molar-refractivity contribution in [2.45, 2.75) is 6.42 Å². The van der Waals surface area contributed by atoms with E-state index in [0.717, 1.165) is 18.9 Å². The van der Waals surface area contributed by atoms with E-state index in [0.29, 0.717) is 35.6 Å². The van der Waals surface area contributed by atoms with Crippen LogP contribution in [0.25, 0.3) is 0 Å². The predicted octanol–water partition coefficient (Wildman–Crippen LogP) is 2.57. The van der Waals surface area contributed by atoms with Gasteiger partial charge in [-0.15, -0.1) is 0 Å². The second-order valence-electron chi connectivity index (χ2n) is 4.20. The maximum atomic E-state index is 6.02. The number of halogens is 2. The first kappa shape index (κ1) is 17.9. The summed E-state index contributed by atoms with van der Waals surface area (Å²) in [7, 11) is 3.39. The van der Waals surface area contributed by atoms with Crippen LogP contribution in [-0.2, 0) is 4.74 Å². The topological polar surface area (TPSA) is 54.9 Å². The summed E-state index contributed by atoms with van der Waals surface area (Å²) in [6, 6.07) is 5.18. The Hall–Kier alpha value is -1.17. The van der Waals surface area contributed by atoms with Crippen LogP contribution in [0.2, 0.25) is 10.0 Å². The number of nitrogens with zero attached hydrogens (tertiary/aromatic N) is 1. The van der Waals surface area contributed by atoms with Gasteiger partial charge in [-0.3, -0.25) is 4.99 Å². The zero-order valence-corrected chi connectivity index (χ0v) is 13.8. The van der Waals surface area contributed by atoms with E-state index in [2.05, 4.69) is 15.6 Å². The minimum atomic E-state index is 0.521. The number of benzene rings is 1. The van der Waals surface area contributed by atoms with Crippen LogP contribution in [0, 0.1) is 0 Å². The molecule has 0 aliphatic rings. The van der Waals surface area contributed by atoms with Crippen molar-refractivity contribution in [3.8, 4) is 5.75 Å². The number of nitrogens with one attached hydrogen (secondary N) is 2. The molecule has 0 atom stereocenters. The van der Waals surface area contributed by atoms with Gasteiger partial charge in [0.2, 0.25) is 0 Å². The van der Waals surface area contributed by atoms with E-state index >= 15 is 0 Å². The SMILES string of the molecule is CN=C(NCCCOc1ccc(Cl)cc1Cl)NCCOC. The van der Waals surface area contributed by atoms with Gasteiger partial charge in [0, 0.05) is 32.3 Å². The quantitative estimate of drug-likeness (QED) is 0.436. The Balaban J connectivity index is 2.18. The molecule has 0 aliphatic carbocycles. The van der Waals surface area contributed by atoms with Crippen LogP contribution in [0.5, 0.6) is 5.75 Å². The Morgan fingerprint density at radius 1 is 1.19 bits per heavy atom. The van der Waals surface area contributed by atoms with Crippen molar-refractivity contribution in [1.29, 1.82) is 0 Å². The largest absolute Gasteiger partial charge is 0.492 e. The predicted molar refractivity (Wildman–Crippen MR) is 87.8 cm³/mol. The van der Waals surface area contributed by atoms with Gasteiger partial charge < -0.3 is 20.1 Å². The monoisotopic (exact) mass is 333 g/mol. The van der Waals surface area contributed by atoms with Crippen LogP contribution >= 0.6 is 23.2 Å². The van der Waals surface area contributed by atoms with Crippen molar-refractivity contribution in [3.63, 3.8) is 0 Å². The van der Waals surface area contributed by atoms with Crippen molar-refractivity contribution in [2.75, 3.05) is 40.5 Å². The molecule has 21 heavy (non-hydrogen) atoms. The second kappa shape index (κ2) is 10.5. The Morgan fingerprint density at radius 3 is 2.62 bits per heavy atom. The molecule has 0 spiro atoms. The van der Waals surface area contributed by atoms with Gasteiger partial charge in [0.1, 0.15) is 5.75 Å². The zero-order chi connectivity index (χ0) is 15.5. The minimum Gasteiger partial charge on any atom is -0.492 e. The molecule has 0 saturated carbocycles. The van der Waals surface area contributed by atoms with Crippen molar-refractivity contribution in [3.05, 3.63) is 28.2 Å². The third kappa shape index (κ3) is 7.41. The number of hydrogen-bond acceptors (Lipinski definition) is 3. The molecule has 2 N–H and O–H groups in total. The average molecular weight is 334 g/mol. The summed E-state index contributed by atoms with van der Waals surface area (Å²) in [5, 5.41) is 7.44. The van der Waals surface area contributed by atoms with Crippen LogP contribution in [-0.4, -0.2) is 46.4 Å². The molecule has 0 aromatic heterocycles. The smallest absolute Gasteiger partial charge is 0.191 e. The molecule has 118 valence electrons. The summed E-state index contributed by atoms with van der Waals surface area (Å²) in [6.07, 6.45) is 0.823. The molecule has 1 rings (SSSR count). The van der Waals surface area contributed by atoms with Crippen LogP contribution in [0.3, 0.4) is 0 Å². The molecule has 0 heterocycles. The molecule has 0 amide bonds. The third-order valence-corrected chi connectivity index (χ3v) is 3.12. The van der Waals surface area contributed by atoms with Crippen molar-refractivity contribution in [1.82, 2.24) is 10.6 Å². The van der Waals surface area contributed by atoms with Gasteiger partial charge in [-0.2, -0.15) is 0 Å². The molecule has 0 bridgehead atoms. The zero-order valence-electron chi connectivity index (χ0n) is 12.3. The second-order valence-corrected chi connectivity index (χ2v) is 5.04. The van der Waals surface area contributed by atoms with Gasteiger partial charge in [-0.05, 0) is 24.6 Å². The lowest BCUT2D eigenvalue weighted by molar-refractivity contribution is 0.203. The standard InChI is InChI=1S/C14H21Cl2N3O2/c1-17-14(19-7-9-20-2)18-6-3-8-21-13-5-4-11(15)10-12(13)16/h4-5,10H,3,6-9H2,1-2H3,(H2,17,18,19). The summed E-state index contributed by atoms with van der Waals surface area (Å²) in [4.78, 5) is 4.10. The van der Waals surface area contributed by atoms with Crippen molar-refractivity contribution in [2.24, 2.45) is 4.99 Å². The Morgan fingerprint density at radius 2 is 1.95 bits per heavy atom. The first-order valence-corrected chi connectivity index (χ1v) is 7.44. The molecule has 0 unspecified atom stereocenters. The molecular weight excluding hydrogens is 313 g/mol. The van der Waals surface area contributed by atoms with E-state index in [1.54, 1.807) is 32.4 Å². The van der Waals surface area contributed by atoms with Crippen LogP contribution in [0.15, 0.2) is 23.2 Å². The van der Waals surface area contributed by atoms with Crippen LogP contribution < -0.4 is 15.4 Å². The third-order valence-electron chi connectivity index (χ3n) is 2.59. The molecule has 0 saturated heterocycles. The molecule has 0 aliphatic heterocycles. The molecule has 7 heteroatoms. The highest BCUT2D eigenvalue weighted by atomic mass is 35.5. The van der Waals surface area contributed by atoms with Gasteiger partial charge in [0.25, 0.3) is 0 Å². The number of aliphatic imine (C=N–C) groups is 1. The van der Waals surface area contributed by atoms with E-state index in [1.807, 2.05) is 0 Å². The number of rotatable bonds is 8. The normalized spacial score (nSPS) is 11.3. The van der Waals surface area contributed by atoms with Crippen molar-refractivity contribution >= 4 is 29.2 Å². The van der Waals surface area contributed by atoms with Crippen LogP contribution in [0.4, 0.5) is 0 Å². The molecular formula is C14H21Cl2N3O2. The molecule has 1 aromatic rings. The van der Waals surface area contributed by atoms with Gasteiger partial charge in [0.05, 0.1) is 18.2 Å². The van der Waals surface area contributed by atoms with E-state index in [4.69, 9.17) is 32.7 Å². The van der Waals surface area contributed by atoms with Gasteiger partial charge >= 0.3 is 0 Å². The summed E-state index contributed by atoms with van der Waals surface area (Å²) >= 11 is 11.8. The lowest BCUT2D eigenvalue weighted by atomic mass is 10.3. The summed E-state index contributed by atoms with van der Waals surface area (Å²) < 4.78 is 10.6. The van der Waals surface area contributed by atoms with Crippen molar-refractivity contribution < 1.29 is 9.47 Å². The van der Waals surface area contributed by atoms with Gasteiger partial charge in [0.15, 0.2) is 5.96 Å². The average Bonchev–Trinajstić information content (AvgIpc) is 2.47. The fourth-order valence-corrected chi connectivity index (χ4v) is 2.01. The van der Waals surface area contributed by atoms with Crippen LogP contribution in [0.1, 0.15) is 6.42 Å². The summed E-state index contributed by atoms with van der Waals surface area (Å²) in [5.74, 6) is 1.39. The number of methoxy groups -OCH3 is 1. The highest BCUT2D eigenvalue weighted by Gasteiger charge is 2.02. The maximum Gasteiger partial charge on any atom is 0.191 e. The Labute approximate surface area is 135 Å². The molecule has 1 aromatic carbocycles. The molecule has 0 fully saturated rings. The summed E-state index contributed by atoms with van der Waals surface area (Å²) in [6.45, 7) is 2.66. The first-order chi connectivity index (χ1) is 10.2. The highest BCUT2D eigenvalue weighted by molar-refractivity contribution is 6.35. The summed E-state index contributed by atoms with van der Waals surface area (Å²) in [5.41, 5.74) is 0. The van der Waals surface area contributed by atoms with Gasteiger partial charge in [-0.1, -0.05) is 23.2 Å². The van der Waals surface area contributed by atoms with E-state index in [1.165, 1.54) is 0 Å². The number of hydrogen-bond donors (Lipinski definition) is 2. The Bertz CT molecular complexity index is 456. The molecule has 5 nitrogen and oxygen atoms in total.